The van der Waals surface area contributed by atoms with Crippen LogP contribution < -0.4 is 0 Å². The van der Waals surface area contributed by atoms with Gasteiger partial charge in [-0.15, -0.1) is 0 Å². The Hall–Kier alpha value is -2.43. The summed E-state index contributed by atoms with van der Waals surface area (Å²) in [6, 6.07) is 7.95. The van der Waals surface area contributed by atoms with Crippen LogP contribution in [0.15, 0.2) is 34.7 Å². The quantitative estimate of drug-likeness (QED) is 0.611. The van der Waals surface area contributed by atoms with Gasteiger partial charge in [-0.05, 0) is 31.2 Å². The minimum atomic E-state index is -0.619. The van der Waals surface area contributed by atoms with Crippen molar-refractivity contribution < 1.29 is 18.7 Å². The van der Waals surface area contributed by atoms with E-state index in [1.54, 1.807) is 25.1 Å². The molecule has 5 nitrogen and oxygen atoms in total. The Morgan fingerprint density at radius 2 is 1.89 bits per heavy atom. The Morgan fingerprint density at radius 3 is 2.56 bits per heavy atom. The summed E-state index contributed by atoms with van der Waals surface area (Å²) in [6.07, 6.45) is 0. The highest BCUT2D eigenvalue weighted by Crippen LogP contribution is 2.13. The Kier molecular flexibility index (Phi) is 3.23. The summed E-state index contributed by atoms with van der Waals surface area (Å²) in [5.41, 5.74) is 1.02. The monoisotopic (exact) mass is 245 g/mol. The van der Waals surface area contributed by atoms with Crippen LogP contribution in [0.5, 0.6) is 0 Å². The van der Waals surface area contributed by atoms with Crippen molar-refractivity contribution in [3.8, 4) is 0 Å². The van der Waals surface area contributed by atoms with Crippen LogP contribution in [0.25, 0.3) is 0 Å². The van der Waals surface area contributed by atoms with Crippen LogP contribution in [-0.4, -0.2) is 23.8 Å². The van der Waals surface area contributed by atoms with E-state index >= 15 is 0 Å². The fraction of sp³-hybridized carbons (Fsp3) is 0.154. The molecule has 0 fully saturated rings. The molecule has 18 heavy (non-hydrogen) atoms. The van der Waals surface area contributed by atoms with Gasteiger partial charge in [0.05, 0.1) is 7.11 Å². The number of ether oxygens (including phenoxy) is 1. The predicted molar refractivity (Wildman–Crippen MR) is 62.5 cm³/mol. The molecule has 0 N–H and O–H groups in total. The van der Waals surface area contributed by atoms with Crippen molar-refractivity contribution >= 4 is 11.8 Å². The van der Waals surface area contributed by atoms with Gasteiger partial charge in [-0.3, -0.25) is 4.79 Å². The molecule has 0 spiro atoms. The number of ketones is 1. The Labute approximate surface area is 103 Å². The average Bonchev–Trinajstić information content (AvgIpc) is 2.86. The van der Waals surface area contributed by atoms with E-state index in [0.29, 0.717) is 0 Å². The zero-order valence-corrected chi connectivity index (χ0v) is 9.97. The van der Waals surface area contributed by atoms with E-state index in [1.807, 2.05) is 0 Å². The molecule has 0 amide bonds. The molecule has 0 aliphatic rings. The number of rotatable bonds is 3. The third kappa shape index (κ3) is 2.29. The predicted octanol–water partition coefficient (Wildman–Crippen LogP) is 2.00. The first-order valence-corrected chi connectivity index (χ1v) is 5.28. The number of pyridine rings is 1. The van der Waals surface area contributed by atoms with E-state index in [9.17, 15) is 9.59 Å². The largest absolute Gasteiger partial charge is 0.463 e. The van der Waals surface area contributed by atoms with Gasteiger partial charge in [0.2, 0.25) is 11.5 Å². The first-order valence-electron chi connectivity index (χ1n) is 5.28. The van der Waals surface area contributed by atoms with E-state index in [4.69, 9.17) is 4.42 Å². The maximum absolute atomic E-state index is 12.0. The van der Waals surface area contributed by atoms with Crippen LogP contribution >= 0.6 is 0 Å². The van der Waals surface area contributed by atoms with Crippen molar-refractivity contribution in [2.24, 2.45) is 0 Å². The number of furan rings is 1. The second-order valence-corrected chi connectivity index (χ2v) is 3.65. The fourth-order valence-corrected chi connectivity index (χ4v) is 1.47. The molecule has 5 heteroatoms. The summed E-state index contributed by atoms with van der Waals surface area (Å²) in [7, 11) is 1.24. The van der Waals surface area contributed by atoms with Gasteiger partial charge in [-0.1, -0.05) is 6.07 Å². The molecule has 2 heterocycles. The minimum absolute atomic E-state index is 0.00602. The van der Waals surface area contributed by atoms with Crippen molar-refractivity contribution in [3.63, 3.8) is 0 Å². The van der Waals surface area contributed by atoms with E-state index in [-0.39, 0.29) is 23.0 Å². The molecular weight excluding hydrogens is 234 g/mol. The Balaban J connectivity index is 2.29. The van der Waals surface area contributed by atoms with Gasteiger partial charge < -0.3 is 9.15 Å². The molecule has 2 rings (SSSR count). The molecule has 2 aromatic heterocycles. The maximum atomic E-state index is 12.0. The number of carbonyl (C=O) groups is 2. The second-order valence-electron chi connectivity index (χ2n) is 3.65. The standard InChI is InChI=1S/C13H11NO4/c1-8-4-3-5-9(14-8)12(15)10-6-7-11(18-10)13(16)17-2/h3-7H,1-2H3. The zero-order chi connectivity index (χ0) is 13.1. The topological polar surface area (TPSA) is 69.4 Å². The van der Waals surface area contributed by atoms with Crippen LogP contribution in [0.1, 0.15) is 32.5 Å². The van der Waals surface area contributed by atoms with Gasteiger partial charge in [0.25, 0.3) is 0 Å². The van der Waals surface area contributed by atoms with Gasteiger partial charge in [0, 0.05) is 5.69 Å². The van der Waals surface area contributed by atoms with Crippen molar-refractivity contribution in [2.45, 2.75) is 6.92 Å². The molecule has 0 aromatic carbocycles. The maximum Gasteiger partial charge on any atom is 0.373 e. The number of hydrogen-bond acceptors (Lipinski definition) is 5. The van der Waals surface area contributed by atoms with Crippen molar-refractivity contribution in [2.75, 3.05) is 7.11 Å². The molecule has 0 aliphatic carbocycles. The van der Waals surface area contributed by atoms with E-state index < -0.39 is 5.97 Å². The number of aryl methyl sites for hydroxylation is 1. The summed E-state index contributed by atoms with van der Waals surface area (Å²) in [6.45, 7) is 1.79. The lowest BCUT2D eigenvalue weighted by molar-refractivity contribution is 0.0563. The number of methoxy groups -OCH3 is 1. The molecule has 0 atom stereocenters. The lowest BCUT2D eigenvalue weighted by Crippen LogP contribution is -2.04. The van der Waals surface area contributed by atoms with Gasteiger partial charge >= 0.3 is 5.97 Å². The molecule has 2 aromatic rings. The highest BCUT2D eigenvalue weighted by Gasteiger charge is 2.18. The van der Waals surface area contributed by atoms with Crippen LogP contribution in [0, 0.1) is 6.92 Å². The number of esters is 1. The number of carbonyl (C=O) groups excluding carboxylic acids is 2. The summed E-state index contributed by atoms with van der Waals surface area (Å²) in [5, 5.41) is 0. The highest BCUT2D eigenvalue weighted by atomic mass is 16.5. The van der Waals surface area contributed by atoms with Crippen molar-refractivity contribution in [3.05, 3.63) is 53.2 Å². The minimum Gasteiger partial charge on any atom is -0.463 e. The molecule has 0 unspecified atom stereocenters. The van der Waals surface area contributed by atoms with Gasteiger partial charge in [0.1, 0.15) is 5.69 Å². The normalized spacial score (nSPS) is 10.1. The summed E-state index contributed by atoms with van der Waals surface area (Å²) in [4.78, 5) is 27.3. The Morgan fingerprint density at radius 1 is 1.17 bits per heavy atom. The molecule has 0 aliphatic heterocycles. The molecule has 0 radical (unpaired) electrons. The van der Waals surface area contributed by atoms with Crippen molar-refractivity contribution in [1.82, 2.24) is 4.98 Å². The summed E-state index contributed by atoms with van der Waals surface area (Å²) in [5.74, 6) is -0.929. The molecule has 0 saturated carbocycles. The van der Waals surface area contributed by atoms with Gasteiger partial charge in [-0.2, -0.15) is 0 Å². The van der Waals surface area contributed by atoms with E-state index in [1.165, 1.54) is 19.2 Å². The second kappa shape index (κ2) is 4.83. The molecule has 92 valence electrons. The third-order valence-electron chi connectivity index (χ3n) is 2.34. The highest BCUT2D eigenvalue weighted by molar-refractivity contribution is 6.06. The van der Waals surface area contributed by atoms with Crippen LogP contribution in [-0.2, 0) is 4.74 Å². The first kappa shape index (κ1) is 12.0. The number of nitrogens with zero attached hydrogens (tertiary/aromatic N) is 1. The summed E-state index contributed by atoms with van der Waals surface area (Å²) < 4.78 is 9.62. The Bertz CT molecular complexity index is 601. The average molecular weight is 245 g/mol. The molecule has 0 bridgehead atoms. The van der Waals surface area contributed by atoms with Crippen LogP contribution in [0.4, 0.5) is 0 Å². The van der Waals surface area contributed by atoms with Gasteiger partial charge in [-0.25, -0.2) is 9.78 Å². The van der Waals surface area contributed by atoms with Crippen LogP contribution in [0.2, 0.25) is 0 Å². The van der Waals surface area contributed by atoms with E-state index in [2.05, 4.69) is 9.72 Å². The molecular formula is C13H11NO4. The lowest BCUT2D eigenvalue weighted by Gasteiger charge is -1.98. The van der Waals surface area contributed by atoms with Crippen LogP contribution in [0.3, 0.4) is 0 Å². The first-order chi connectivity index (χ1) is 8.61. The zero-order valence-electron chi connectivity index (χ0n) is 9.97. The fourth-order valence-electron chi connectivity index (χ4n) is 1.47. The van der Waals surface area contributed by atoms with Crippen molar-refractivity contribution in [1.29, 1.82) is 0 Å². The lowest BCUT2D eigenvalue weighted by atomic mass is 10.2. The summed E-state index contributed by atoms with van der Waals surface area (Å²) >= 11 is 0. The van der Waals surface area contributed by atoms with E-state index in [0.717, 1.165) is 5.69 Å². The molecule has 0 saturated heterocycles. The number of hydrogen-bond donors (Lipinski definition) is 0. The number of aromatic nitrogens is 1. The van der Waals surface area contributed by atoms with Gasteiger partial charge in [0.15, 0.2) is 5.76 Å². The SMILES string of the molecule is COC(=O)c1ccc(C(=O)c2cccc(C)n2)o1. The third-order valence-corrected chi connectivity index (χ3v) is 2.34. The smallest absolute Gasteiger partial charge is 0.373 e.